The summed E-state index contributed by atoms with van der Waals surface area (Å²) in [5.41, 5.74) is 0.569. The molecule has 0 aliphatic heterocycles. The molecule has 0 aliphatic carbocycles. The third kappa shape index (κ3) is 10.1. The van der Waals surface area contributed by atoms with Gasteiger partial charge in [-0.25, -0.2) is 4.57 Å². The van der Waals surface area contributed by atoms with E-state index in [1.54, 1.807) is 10.8 Å². The molecule has 0 saturated heterocycles. The molecule has 7 heteroatoms. The van der Waals surface area contributed by atoms with Crippen LogP contribution in [0.4, 0.5) is 0 Å². The lowest BCUT2D eigenvalue weighted by atomic mass is 10.2. The number of hydrogen-bond donors (Lipinski definition) is 0. The lowest BCUT2D eigenvalue weighted by molar-refractivity contribution is 0.0315. The van der Waals surface area contributed by atoms with E-state index >= 15 is 0 Å². The van der Waals surface area contributed by atoms with E-state index in [2.05, 4.69) is 26.0 Å². The van der Waals surface area contributed by atoms with Gasteiger partial charge in [0.15, 0.2) is 0 Å². The number of phosphoric ester groups is 1. The van der Waals surface area contributed by atoms with Crippen LogP contribution in [-0.2, 0) is 24.6 Å². The van der Waals surface area contributed by atoms with Gasteiger partial charge in [-0.15, -0.1) is 0 Å². The molecule has 1 aromatic carbocycles. The Hall–Kier alpha value is 0.0300. The van der Waals surface area contributed by atoms with Crippen molar-refractivity contribution in [2.24, 2.45) is 0 Å². The Bertz CT molecular complexity index is 570. The molecule has 1 unspecified atom stereocenters. The maximum absolute atomic E-state index is 12.9. The van der Waals surface area contributed by atoms with Crippen LogP contribution in [0, 0.1) is 0 Å². The van der Waals surface area contributed by atoms with Crippen molar-refractivity contribution in [1.82, 2.24) is 0 Å². The number of rotatable bonds is 10. The summed E-state index contributed by atoms with van der Waals surface area (Å²) in [4.78, 5) is 1.21. The van der Waals surface area contributed by atoms with E-state index in [4.69, 9.17) is 13.6 Å². The Labute approximate surface area is 160 Å². The van der Waals surface area contributed by atoms with Gasteiger partial charge in [0.2, 0.25) is 0 Å². The highest BCUT2D eigenvalue weighted by Gasteiger charge is 2.33. The fourth-order valence-corrected chi connectivity index (χ4v) is 5.62. The number of hydrogen-bond acceptors (Lipinski definition) is 6. The van der Waals surface area contributed by atoms with E-state index < -0.39 is 13.4 Å². The molecule has 0 aliphatic rings. The van der Waals surface area contributed by atoms with Crippen LogP contribution in [-0.4, -0.2) is 23.6 Å². The SMILES string of the molecule is CC(C)OP(=O)(OCCc1ccccc1SSC(C)C)OC(C)(C)C. The molecule has 0 heterocycles. The Morgan fingerprint density at radius 3 is 2.32 bits per heavy atom. The monoisotopic (exact) mass is 406 g/mol. The second-order valence-electron chi connectivity index (χ2n) is 7.22. The van der Waals surface area contributed by atoms with Gasteiger partial charge in [0.05, 0.1) is 18.3 Å². The quantitative estimate of drug-likeness (QED) is 0.317. The van der Waals surface area contributed by atoms with Gasteiger partial charge < -0.3 is 0 Å². The summed E-state index contributed by atoms with van der Waals surface area (Å²) in [5, 5.41) is 0.550. The first-order valence-corrected chi connectivity index (χ1v) is 12.2. The third-order valence-corrected chi connectivity index (χ3v) is 7.64. The minimum Gasteiger partial charge on any atom is -0.287 e. The van der Waals surface area contributed by atoms with Gasteiger partial charge in [-0.05, 0) is 52.7 Å². The molecule has 25 heavy (non-hydrogen) atoms. The topological polar surface area (TPSA) is 44.8 Å². The summed E-state index contributed by atoms with van der Waals surface area (Å²) < 4.78 is 29.5. The van der Waals surface area contributed by atoms with E-state index in [-0.39, 0.29) is 12.7 Å². The molecule has 4 nitrogen and oxygen atoms in total. The first-order chi connectivity index (χ1) is 11.5. The van der Waals surface area contributed by atoms with Crippen LogP contribution in [0.2, 0.25) is 0 Å². The fourth-order valence-electron chi connectivity index (χ4n) is 1.88. The van der Waals surface area contributed by atoms with Crippen molar-refractivity contribution in [1.29, 1.82) is 0 Å². The zero-order valence-corrected chi connectivity index (χ0v) is 18.8. The molecular weight excluding hydrogens is 375 g/mol. The lowest BCUT2D eigenvalue weighted by Gasteiger charge is -2.27. The average molecular weight is 407 g/mol. The second-order valence-corrected chi connectivity index (χ2v) is 11.6. The zero-order valence-electron chi connectivity index (χ0n) is 16.3. The van der Waals surface area contributed by atoms with Crippen molar-refractivity contribution >= 4 is 29.4 Å². The molecule has 0 bridgehead atoms. The lowest BCUT2D eigenvalue weighted by Crippen LogP contribution is -2.20. The molecule has 0 amide bonds. The molecule has 0 fully saturated rings. The predicted octanol–water partition coefficient (Wildman–Crippen LogP) is 6.74. The summed E-state index contributed by atoms with van der Waals surface area (Å²) in [6.45, 7) is 13.8. The molecule has 1 rings (SSSR count). The molecule has 0 spiro atoms. The summed E-state index contributed by atoms with van der Waals surface area (Å²) in [6, 6.07) is 8.22. The largest absolute Gasteiger partial charge is 0.475 e. The highest BCUT2D eigenvalue weighted by atomic mass is 33.1. The van der Waals surface area contributed by atoms with Gasteiger partial charge in [0, 0.05) is 10.1 Å². The molecular formula is C18H31O4PS2. The van der Waals surface area contributed by atoms with Crippen LogP contribution < -0.4 is 0 Å². The smallest absolute Gasteiger partial charge is 0.287 e. The normalized spacial score (nSPS) is 14.9. The molecule has 144 valence electrons. The van der Waals surface area contributed by atoms with Crippen molar-refractivity contribution in [2.45, 2.75) is 76.7 Å². The van der Waals surface area contributed by atoms with Gasteiger partial charge >= 0.3 is 7.82 Å². The second kappa shape index (κ2) is 10.4. The van der Waals surface area contributed by atoms with Gasteiger partial charge in [0.25, 0.3) is 0 Å². The predicted molar refractivity (Wildman–Crippen MR) is 109 cm³/mol. The Balaban J connectivity index is 2.71. The van der Waals surface area contributed by atoms with Gasteiger partial charge in [-0.3, -0.25) is 13.6 Å². The van der Waals surface area contributed by atoms with Crippen LogP contribution in [0.3, 0.4) is 0 Å². The van der Waals surface area contributed by atoms with Crippen molar-refractivity contribution < 1.29 is 18.1 Å². The van der Waals surface area contributed by atoms with Crippen LogP contribution in [0.15, 0.2) is 29.2 Å². The van der Waals surface area contributed by atoms with Crippen molar-refractivity contribution in [2.75, 3.05) is 6.61 Å². The maximum atomic E-state index is 12.9. The van der Waals surface area contributed by atoms with E-state index in [0.29, 0.717) is 11.7 Å². The molecule has 1 atom stereocenters. The van der Waals surface area contributed by atoms with Gasteiger partial charge in [0.1, 0.15) is 0 Å². The summed E-state index contributed by atoms with van der Waals surface area (Å²) in [5.74, 6) is 0. The molecule has 1 aromatic rings. The first kappa shape index (κ1) is 23.1. The van der Waals surface area contributed by atoms with Crippen LogP contribution in [0.1, 0.15) is 54.0 Å². The summed E-state index contributed by atoms with van der Waals surface area (Å²) in [7, 11) is -0.00334. The maximum Gasteiger partial charge on any atom is 0.475 e. The number of phosphoric acid groups is 1. The standard InChI is InChI=1S/C18H31O4PS2/c1-14(2)21-23(19,22-18(5,6)7)20-13-12-16-10-8-9-11-17(16)25-24-15(3)4/h8-11,14-15H,12-13H2,1-7H3. The molecule has 0 N–H and O–H groups in total. The van der Waals surface area contributed by atoms with Crippen LogP contribution in [0.25, 0.3) is 0 Å². The fraction of sp³-hybridized carbons (Fsp3) is 0.667. The number of benzene rings is 1. The molecule has 0 aromatic heterocycles. The van der Waals surface area contributed by atoms with E-state index in [0.717, 1.165) is 0 Å². The first-order valence-electron chi connectivity index (χ1n) is 8.56. The van der Waals surface area contributed by atoms with Crippen molar-refractivity contribution in [3.05, 3.63) is 29.8 Å². The Morgan fingerprint density at radius 2 is 1.76 bits per heavy atom. The van der Waals surface area contributed by atoms with E-state index in [1.165, 1.54) is 10.5 Å². The van der Waals surface area contributed by atoms with Gasteiger partial charge in [-0.2, -0.15) is 0 Å². The van der Waals surface area contributed by atoms with Crippen LogP contribution in [0.5, 0.6) is 0 Å². The van der Waals surface area contributed by atoms with Crippen molar-refractivity contribution in [3.63, 3.8) is 0 Å². The van der Waals surface area contributed by atoms with Gasteiger partial charge in [-0.1, -0.05) is 53.6 Å². The average Bonchev–Trinajstić information content (AvgIpc) is 2.43. The third-order valence-electron chi connectivity index (χ3n) is 2.65. The van der Waals surface area contributed by atoms with E-state index in [1.807, 2.05) is 57.5 Å². The minimum atomic E-state index is -3.59. The highest BCUT2D eigenvalue weighted by molar-refractivity contribution is 8.76. The zero-order chi connectivity index (χ0) is 19.1. The molecule has 0 saturated carbocycles. The Morgan fingerprint density at radius 1 is 1.12 bits per heavy atom. The highest BCUT2D eigenvalue weighted by Crippen LogP contribution is 2.53. The summed E-state index contributed by atoms with van der Waals surface area (Å²) >= 11 is 0. The van der Waals surface area contributed by atoms with E-state index in [9.17, 15) is 4.57 Å². The molecule has 0 radical (unpaired) electrons. The Kier molecular flexibility index (Phi) is 9.58. The van der Waals surface area contributed by atoms with Crippen molar-refractivity contribution in [3.8, 4) is 0 Å². The van der Waals surface area contributed by atoms with Crippen LogP contribution >= 0.6 is 29.4 Å². The minimum absolute atomic E-state index is 0.238. The summed E-state index contributed by atoms with van der Waals surface area (Å²) in [6.07, 6.45) is 0.416.